The summed E-state index contributed by atoms with van der Waals surface area (Å²) in [5.74, 6) is 1.34. The van der Waals surface area contributed by atoms with E-state index in [2.05, 4.69) is 67.5 Å². The second kappa shape index (κ2) is 10.3. The fourth-order valence-electron chi connectivity index (χ4n) is 3.66. The molecule has 3 aromatic rings. The first-order valence-electron chi connectivity index (χ1n) is 10.9. The molecule has 1 heterocycles. The number of aromatic nitrogens is 2. The number of non-ortho nitro benzene ring substituents is 1. The molecule has 2 aromatic carbocycles. The third kappa shape index (κ3) is 5.76. The van der Waals surface area contributed by atoms with Gasteiger partial charge in [0.2, 0.25) is 5.89 Å². The van der Waals surface area contributed by atoms with Crippen molar-refractivity contribution in [2.75, 3.05) is 0 Å². The lowest BCUT2D eigenvalue weighted by molar-refractivity contribution is -0.739. The number of nitrogens with zero attached hydrogens (tertiary/aromatic N) is 3. The minimum atomic E-state index is -0.428. The van der Waals surface area contributed by atoms with Gasteiger partial charge in [0, 0.05) is 29.2 Å². The molecule has 7 nitrogen and oxygen atoms in total. The maximum absolute atomic E-state index is 10.8. The first-order valence-corrected chi connectivity index (χ1v) is 10.9. The van der Waals surface area contributed by atoms with Crippen LogP contribution in [0, 0.1) is 16.0 Å². The standard InChI is InChI=1S/C24H30N4O3/c1-5-6-7-18-8-10-19(11-9-18)22(16(2)3)25-17(4)23-26-27-24(31-23)20-12-14-21(15-13-20)28(29)30/h8-17,22,25H,5-7H2,1-4H3/p+1/t17-,22+/m0/s1. The van der Waals surface area contributed by atoms with Gasteiger partial charge >= 0.3 is 0 Å². The number of rotatable bonds is 10. The largest absolute Gasteiger partial charge is 0.415 e. The van der Waals surface area contributed by atoms with Gasteiger partial charge in [-0.1, -0.05) is 51.5 Å². The lowest BCUT2D eigenvalue weighted by Gasteiger charge is -2.22. The average molecular weight is 424 g/mol. The number of nitrogens with two attached hydrogens (primary N) is 1. The summed E-state index contributed by atoms with van der Waals surface area (Å²) in [6.07, 6.45) is 3.54. The first kappa shape index (κ1) is 22.6. The fraction of sp³-hybridized carbons (Fsp3) is 0.417. The molecule has 1 aromatic heterocycles. The highest BCUT2D eigenvalue weighted by Crippen LogP contribution is 2.24. The number of quaternary nitrogens is 1. The van der Waals surface area contributed by atoms with E-state index >= 15 is 0 Å². The maximum Gasteiger partial charge on any atom is 0.274 e. The summed E-state index contributed by atoms with van der Waals surface area (Å²) in [5.41, 5.74) is 3.37. The molecule has 2 atom stereocenters. The smallest absolute Gasteiger partial charge is 0.274 e. The number of nitro benzene ring substituents is 1. The van der Waals surface area contributed by atoms with E-state index < -0.39 is 4.92 Å². The van der Waals surface area contributed by atoms with Crippen LogP contribution in [0.5, 0.6) is 0 Å². The van der Waals surface area contributed by atoms with Gasteiger partial charge in [0.05, 0.1) is 4.92 Å². The van der Waals surface area contributed by atoms with E-state index in [1.54, 1.807) is 12.1 Å². The van der Waals surface area contributed by atoms with Gasteiger partial charge in [-0.15, -0.1) is 10.2 Å². The molecular weight excluding hydrogens is 392 g/mol. The summed E-state index contributed by atoms with van der Waals surface area (Å²) in [5, 5.41) is 21.5. The second-order valence-corrected chi connectivity index (χ2v) is 8.35. The van der Waals surface area contributed by atoms with Gasteiger partial charge in [-0.05, 0) is 37.5 Å². The van der Waals surface area contributed by atoms with Gasteiger partial charge < -0.3 is 9.73 Å². The van der Waals surface area contributed by atoms with Gasteiger partial charge in [0.25, 0.3) is 11.6 Å². The van der Waals surface area contributed by atoms with Crippen LogP contribution in [0.1, 0.15) is 69.6 Å². The molecule has 0 aliphatic carbocycles. The Morgan fingerprint density at radius 3 is 2.29 bits per heavy atom. The highest BCUT2D eigenvalue weighted by molar-refractivity contribution is 5.55. The van der Waals surface area contributed by atoms with Gasteiger partial charge in [0.15, 0.2) is 6.04 Å². The van der Waals surface area contributed by atoms with E-state index in [1.165, 1.54) is 36.1 Å². The molecule has 0 aliphatic heterocycles. The van der Waals surface area contributed by atoms with Crippen LogP contribution in [0.4, 0.5) is 5.69 Å². The lowest BCUT2D eigenvalue weighted by atomic mass is 9.94. The zero-order chi connectivity index (χ0) is 22.4. The maximum atomic E-state index is 10.8. The van der Waals surface area contributed by atoms with Crippen LogP contribution in [0.2, 0.25) is 0 Å². The van der Waals surface area contributed by atoms with E-state index in [4.69, 9.17) is 4.42 Å². The predicted molar refractivity (Wildman–Crippen MR) is 119 cm³/mol. The van der Waals surface area contributed by atoms with E-state index in [9.17, 15) is 10.1 Å². The fourth-order valence-corrected chi connectivity index (χ4v) is 3.66. The van der Waals surface area contributed by atoms with Crippen molar-refractivity contribution >= 4 is 5.69 Å². The molecular formula is C24H31N4O3+. The average Bonchev–Trinajstić information content (AvgIpc) is 3.26. The molecule has 0 unspecified atom stereocenters. The monoisotopic (exact) mass is 423 g/mol. The summed E-state index contributed by atoms with van der Waals surface area (Å²) in [6.45, 7) is 8.70. The van der Waals surface area contributed by atoms with Crippen molar-refractivity contribution in [3.05, 3.63) is 75.7 Å². The van der Waals surface area contributed by atoms with Crippen molar-refractivity contribution in [1.82, 2.24) is 10.2 Å². The predicted octanol–water partition coefficient (Wildman–Crippen LogP) is 5.01. The van der Waals surface area contributed by atoms with E-state index in [0.717, 1.165) is 6.42 Å². The van der Waals surface area contributed by atoms with Crippen molar-refractivity contribution in [2.24, 2.45) is 5.92 Å². The summed E-state index contributed by atoms with van der Waals surface area (Å²) < 4.78 is 5.89. The first-order chi connectivity index (χ1) is 14.9. The van der Waals surface area contributed by atoms with Crippen molar-refractivity contribution < 1.29 is 14.7 Å². The molecule has 0 fully saturated rings. The topological polar surface area (TPSA) is 98.7 Å². The van der Waals surface area contributed by atoms with Crippen LogP contribution in [0.25, 0.3) is 11.5 Å². The third-order valence-corrected chi connectivity index (χ3v) is 5.55. The zero-order valence-electron chi connectivity index (χ0n) is 18.6. The van der Waals surface area contributed by atoms with Crippen LogP contribution < -0.4 is 5.32 Å². The quantitative estimate of drug-likeness (QED) is 0.365. The van der Waals surface area contributed by atoms with Crippen molar-refractivity contribution in [1.29, 1.82) is 0 Å². The minimum absolute atomic E-state index is 0.0218. The Morgan fingerprint density at radius 1 is 1.03 bits per heavy atom. The van der Waals surface area contributed by atoms with E-state index in [0.29, 0.717) is 23.3 Å². The summed E-state index contributed by atoms with van der Waals surface area (Å²) in [6, 6.07) is 15.3. The molecule has 3 rings (SSSR count). The van der Waals surface area contributed by atoms with E-state index in [-0.39, 0.29) is 17.8 Å². The molecule has 0 spiro atoms. The Bertz CT molecular complexity index is 981. The number of unbranched alkanes of at least 4 members (excludes halogenated alkanes) is 1. The molecule has 0 saturated carbocycles. The van der Waals surface area contributed by atoms with Crippen LogP contribution >= 0.6 is 0 Å². The van der Waals surface area contributed by atoms with Crippen LogP contribution in [-0.2, 0) is 6.42 Å². The molecule has 0 amide bonds. The Morgan fingerprint density at radius 2 is 1.71 bits per heavy atom. The highest BCUT2D eigenvalue weighted by atomic mass is 16.6. The summed E-state index contributed by atoms with van der Waals surface area (Å²) in [4.78, 5) is 10.4. The molecule has 0 saturated heterocycles. The Kier molecular flexibility index (Phi) is 7.52. The van der Waals surface area contributed by atoms with Gasteiger partial charge in [-0.25, -0.2) is 0 Å². The van der Waals surface area contributed by atoms with Crippen LogP contribution in [-0.4, -0.2) is 15.1 Å². The lowest BCUT2D eigenvalue weighted by Crippen LogP contribution is -2.86. The summed E-state index contributed by atoms with van der Waals surface area (Å²) in [7, 11) is 0. The van der Waals surface area contributed by atoms with Crippen LogP contribution in [0.15, 0.2) is 52.9 Å². The second-order valence-electron chi connectivity index (χ2n) is 8.35. The molecule has 0 bridgehead atoms. The minimum Gasteiger partial charge on any atom is -0.415 e. The van der Waals surface area contributed by atoms with Gasteiger partial charge in [-0.3, -0.25) is 10.1 Å². The van der Waals surface area contributed by atoms with E-state index in [1.807, 2.05) is 0 Å². The van der Waals surface area contributed by atoms with Gasteiger partial charge in [0.1, 0.15) is 6.04 Å². The zero-order valence-corrected chi connectivity index (χ0v) is 18.6. The molecule has 7 heteroatoms. The summed E-state index contributed by atoms with van der Waals surface area (Å²) >= 11 is 0. The SMILES string of the molecule is CCCCc1ccc([C@H]([NH2+][C@@H](C)c2nnc(-c3ccc([N+](=O)[O-])cc3)o2)C(C)C)cc1. The third-order valence-electron chi connectivity index (χ3n) is 5.55. The molecule has 164 valence electrons. The number of aryl methyl sites for hydroxylation is 1. The van der Waals surface area contributed by atoms with Crippen LogP contribution in [0.3, 0.4) is 0 Å². The molecule has 31 heavy (non-hydrogen) atoms. The van der Waals surface area contributed by atoms with Crippen molar-refractivity contribution in [3.63, 3.8) is 0 Å². The van der Waals surface area contributed by atoms with Gasteiger partial charge in [-0.2, -0.15) is 0 Å². The van der Waals surface area contributed by atoms with Crippen molar-refractivity contribution in [3.8, 4) is 11.5 Å². The normalized spacial score (nSPS) is 13.3. The molecule has 0 aliphatic rings. The van der Waals surface area contributed by atoms with Crippen molar-refractivity contribution in [2.45, 2.75) is 59.0 Å². The number of hydrogen-bond acceptors (Lipinski definition) is 5. The Hall–Kier alpha value is -3.06. The molecule has 0 radical (unpaired) electrons. The Labute approximate surface area is 183 Å². The molecule has 2 N–H and O–H groups in total. The highest BCUT2D eigenvalue weighted by Gasteiger charge is 2.26. The number of nitro groups is 1. The number of benzene rings is 2. The number of hydrogen-bond donors (Lipinski definition) is 1. The Balaban J connectivity index is 1.71.